The minimum atomic E-state index is -0.515. The Hall–Kier alpha value is -4.27. The van der Waals surface area contributed by atoms with E-state index in [-0.39, 0.29) is 6.09 Å². The standard InChI is InChI=1S/C40H55N3O6/c1-39(2,3)48-36(44)41-24-11-7-9-13-26-43(27-14-10-8-12-25-42-37(45)49-40(4,5)6)38(46)47-31-20-23-33-30(28-31)19-22-34-32-17-15-16-29(32)18-21-35(33)34/h15-22,28H,7-14,23-27H2,1-6H3,(H,41,44)(H,42,45). The predicted molar refractivity (Wildman–Crippen MR) is 196 cm³/mol. The molecule has 0 heterocycles. The van der Waals surface area contributed by atoms with Crippen LogP contribution in [0.3, 0.4) is 0 Å². The number of nitrogens with one attached hydrogen (secondary N) is 2. The van der Waals surface area contributed by atoms with Gasteiger partial charge in [-0.25, -0.2) is 14.4 Å². The highest BCUT2D eigenvalue weighted by Gasteiger charge is 2.19. The molecule has 2 N–H and O–H groups in total. The van der Waals surface area contributed by atoms with Crippen molar-refractivity contribution in [3.05, 3.63) is 63.7 Å². The van der Waals surface area contributed by atoms with E-state index < -0.39 is 23.4 Å². The number of amides is 3. The van der Waals surface area contributed by atoms with Crippen molar-refractivity contribution in [3.8, 4) is 0 Å². The summed E-state index contributed by atoms with van der Waals surface area (Å²) in [6.07, 6.45) is 17.0. The van der Waals surface area contributed by atoms with Crippen molar-refractivity contribution in [2.24, 2.45) is 0 Å². The van der Waals surface area contributed by atoms with Crippen LogP contribution in [0.5, 0.6) is 0 Å². The van der Waals surface area contributed by atoms with Crippen LogP contribution >= 0.6 is 0 Å². The van der Waals surface area contributed by atoms with E-state index in [0.717, 1.165) is 56.6 Å². The molecule has 4 rings (SSSR count). The second-order valence-corrected chi connectivity index (χ2v) is 14.8. The number of nitrogens with zero attached hydrogens (tertiary/aromatic N) is 1. The Morgan fingerprint density at radius 2 is 1.27 bits per heavy atom. The van der Waals surface area contributed by atoms with E-state index >= 15 is 0 Å². The molecule has 0 fully saturated rings. The number of alkyl carbamates (subject to hydrolysis) is 2. The van der Waals surface area contributed by atoms with Gasteiger partial charge in [0, 0.05) is 26.2 Å². The van der Waals surface area contributed by atoms with Crippen molar-refractivity contribution in [2.75, 3.05) is 26.2 Å². The lowest BCUT2D eigenvalue weighted by Gasteiger charge is -2.23. The van der Waals surface area contributed by atoms with Crippen molar-refractivity contribution in [3.63, 3.8) is 0 Å². The number of carbonyl (C=O) groups is 3. The van der Waals surface area contributed by atoms with Gasteiger partial charge in [-0.1, -0.05) is 68.2 Å². The van der Waals surface area contributed by atoms with Gasteiger partial charge in [-0.3, -0.25) is 0 Å². The Morgan fingerprint density at radius 3 is 1.86 bits per heavy atom. The van der Waals surface area contributed by atoms with Gasteiger partial charge < -0.3 is 29.7 Å². The van der Waals surface area contributed by atoms with E-state index in [1.54, 1.807) is 0 Å². The molecule has 2 aromatic carbocycles. The van der Waals surface area contributed by atoms with Crippen molar-refractivity contribution < 1.29 is 28.6 Å². The van der Waals surface area contributed by atoms with Gasteiger partial charge >= 0.3 is 18.3 Å². The molecule has 0 radical (unpaired) electrons. The summed E-state index contributed by atoms with van der Waals surface area (Å²) in [6.45, 7) is 13.4. The molecule has 9 nitrogen and oxygen atoms in total. The van der Waals surface area contributed by atoms with E-state index in [4.69, 9.17) is 14.2 Å². The average Bonchev–Trinajstić information content (AvgIpc) is 3.50. The van der Waals surface area contributed by atoms with Crippen molar-refractivity contribution >= 4 is 47.3 Å². The SMILES string of the molecule is CC(C)(C)OC(=O)NCCCCCCN(CCCCCCNC(=O)OC(C)(C)C)C(=O)OC1=CCc2c(ccc3c4c(ccc23)=CC=C4)=C1. The molecule has 0 spiro atoms. The van der Waals surface area contributed by atoms with Crippen LogP contribution in [0.25, 0.3) is 29.0 Å². The molecule has 2 aliphatic carbocycles. The normalized spacial score (nSPS) is 13.4. The molecular formula is C40H55N3O6. The summed E-state index contributed by atoms with van der Waals surface area (Å²) < 4.78 is 16.6. The molecule has 0 unspecified atom stereocenters. The van der Waals surface area contributed by atoms with E-state index in [1.165, 1.54) is 27.1 Å². The molecule has 0 saturated heterocycles. The third-order valence-corrected chi connectivity index (χ3v) is 8.28. The molecule has 0 atom stereocenters. The van der Waals surface area contributed by atoms with Gasteiger partial charge in [0.15, 0.2) is 0 Å². The lowest BCUT2D eigenvalue weighted by Crippen LogP contribution is -2.34. The summed E-state index contributed by atoms with van der Waals surface area (Å²) in [5.41, 5.74) is 1.48. The van der Waals surface area contributed by atoms with Gasteiger partial charge in [-0.2, -0.15) is 0 Å². The third kappa shape index (κ3) is 12.3. The van der Waals surface area contributed by atoms with Gasteiger partial charge in [0.05, 0.1) is 0 Å². The smallest absolute Gasteiger partial charge is 0.415 e. The van der Waals surface area contributed by atoms with E-state index in [1.807, 2.05) is 58.6 Å². The Bertz CT molecular complexity index is 1620. The van der Waals surface area contributed by atoms with E-state index in [9.17, 15) is 14.4 Å². The molecule has 3 amide bonds. The summed E-state index contributed by atoms with van der Waals surface area (Å²) in [4.78, 5) is 39.1. The molecule has 0 aliphatic heterocycles. The Kier molecular flexibility index (Phi) is 13.3. The predicted octanol–water partition coefficient (Wildman–Crippen LogP) is 7.48. The molecular weight excluding hydrogens is 618 g/mol. The summed E-state index contributed by atoms with van der Waals surface area (Å²) in [5, 5.41) is 10.4. The van der Waals surface area contributed by atoms with Crippen LogP contribution in [-0.2, 0) is 20.6 Å². The number of hydrogen-bond acceptors (Lipinski definition) is 6. The minimum Gasteiger partial charge on any atom is -0.444 e. The largest absolute Gasteiger partial charge is 0.444 e. The summed E-state index contributed by atoms with van der Waals surface area (Å²) >= 11 is 0. The maximum Gasteiger partial charge on any atom is 0.415 e. The number of unbranched alkanes of at least 4 members (excludes halogenated alkanes) is 6. The lowest BCUT2D eigenvalue weighted by molar-refractivity contribution is 0.0515. The second-order valence-electron chi connectivity index (χ2n) is 14.8. The van der Waals surface area contributed by atoms with Crippen molar-refractivity contribution in [1.29, 1.82) is 0 Å². The fourth-order valence-electron chi connectivity index (χ4n) is 5.98. The quantitative estimate of drug-likeness (QED) is 0.150. The highest BCUT2D eigenvalue weighted by atomic mass is 16.6. The molecule has 9 heteroatoms. The molecule has 266 valence electrons. The molecule has 49 heavy (non-hydrogen) atoms. The first-order chi connectivity index (χ1) is 23.3. The number of rotatable bonds is 15. The fraction of sp³-hybridized carbons (Fsp3) is 0.525. The Labute approximate surface area is 291 Å². The number of fused-ring (bicyclic) bond motifs is 5. The Morgan fingerprint density at radius 1 is 0.714 bits per heavy atom. The van der Waals surface area contributed by atoms with Gasteiger partial charge in [0.1, 0.15) is 17.0 Å². The number of hydrogen-bond donors (Lipinski definition) is 2. The highest BCUT2D eigenvalue weighted by molar-refractivity contribution is 5.96. The summed E-state index contributed by atoms with van der Waals surface area (Å²) in [6, 6.07) is 8.65. The summed E-state index contributed by atoms with van der Waals surface area (Å²) in [7, 11) is 0. The van der Waals surface area contributed by atoms with Crippen molar-refractivity contribution in [1.82, 2.24) is 15.5 Å². The topological polar surface area (TPSA) is 106 Å². The monoisotopic (exact) mass is 673 g/mol. The zero-order chi connectivity index (χ0) is 35.4. The molecule has 0 saturated carbocycles. The molecule has 0 bridgehead atoms. The first-order valence-corrected chi connectivity index (χ1v) is 17.8. The zero-order valence-electron chi connectivity index (χ0n) is 30.3. The minimum absolute atomic E-state index is 0.330. The van der Waals surface area contributed by atoms with Gasteiger partial charge in [-0.15, -0.1) is 0 Å². The maximum absolute atomic E-state index is 13.5. The second kappa shape index (κ2) is 17.4. The number of benzene rings is 2. The number of ether oxygens (including phenoxy) is 3. The van der Waals surface area contributed by atoms with Crippen LogP contribution in [0.2, 0.25) is 0 Å². The molecule has 0 aromatic heterocycles. The van der Waals surface area contributed by atoms with Crippen LogP contribution in [0.15, 0.2) is 42.2 Å². The zero-order valence-corrected chi connectivity index (χ0v) is 30.3. The summed E-state index contributed by atoms with van der Waals surface area (Å²) in [5.74, 6) is 0.581. The molecule has 2 aliphatic rings. The van der Waals surface area contributed by atoms with Crippen LogP contribution in [-0.4, -0.2) is 60.6 Å². The molecule has 2 aromatic rings. The highest BCUT2D eigenvalue weighted by Crippen LogP contribution is 2.24. The van der Waals surface area contributed by atoms with Crippen LogP contribution < -0.4 is 21.1 Å². The number of carbonyl (C=O) groups excluding carboxylic acids is 3. The van der Waals surface area contributed by atoms with Gasteiger partial charge in [0.25, 0.3) is 0 Å². The fourth-order valence-corrected chi connectivity index (χ4v) is 5.98. The van der Waals surface area contributed by atoms with Crippen LogP contribution in [0.4, 0.5) is 14.4 Å². The average molecular weight is 674 g/mol. The van der Waals surface area contributed by atoms with E-state index in [0.29, 0.717) is 38.4 Å². The lowest BCUT2D eigenvalue weighted by atomic mass is 9.94. The Balaban J connectivity index is 1.27. The van der Waals surface area contributed by atoms with Crippen molar-refractivity contribution in [2.45, 2.75) is 111 Å². The van der Waals surface area contributed by atoms with E-state index in [2.05, 4.69) is 53.1 Å². The van der Waals surface area contributed by atoms with Crippen LogP contribution in [0, 0.1) is 0 Å². The van der Waals surface area contributed by atoms with Gasteiger partial charge in [0.2, 0.25) is 0 Å². The maximum atomic E-state index is 13.5. The first kappa shape index (κ1) is 37.5. The van der Waals surface area contributed by atoms with Crippen LogP contribution in [0.1, 0.15) is 104 Å². The third-order valence-electron chi connectivity index (χ3n) is 8.28. The van der Waals surface area contributed by atoms with Gasteiger partial charge in [-0.05, 0) is 118 Å². The first-order valence-electron chi connectivity index (χ1n) is 17.8. The number of allylic oxidation sites excluding steroid dienone is 3.